The highest BCUT2D eigenvalue weighted by Gasteiger charge is 2.51. The van der Waals surface area contributed by atoms with Crippen molar-refractivity contribution in [3.05, 3.63) is 18.6 Å². The van der Waals surface area contributed by atoms with Crippen LogP contribution in [0.4, 0.5) is 5.82 Å². The molecular weight excluding hydrogens is 260 g/mol. The zero-order chi connectivity index (χ0) is 14.5. The highest BCUT2D eigenvalue weighted by atomic mass is 16.3. The zero-order valence-electron chi connectivity index (χ0n) is 11.1. The smallest absolute Gasteiger partial charge is 0.145 e. The van der Waals surface area contributed by atoms with Gasteiger partial charge >= 0.3 is 0 Å². The fourth-order valence-corrected chi connectivity index (χ4v) is 3.14. The number of anilines is 1. The standard InChI is InChI=1S/C13H18N4O3/c1-13(20)9(4-7(5-18)10(13)19)17-3-2-8-11(14)15-6-16-12(8)17/h2-3,6-7,9-10,18-20H,4-5H2,1H3,(H2,14,15,16)/t7-,9-,10-,13+/m1/s1. The van der Waals surface area contributed by atoms with Gasteiger partial charge in [0.05, 0.1) is 17.5 Å². The summed E-state index contributed by atoms with van der Waals surface area (Å²) in [6, 6.07) is 1.42. The van der Waals surface area contributed by atoms with Crippen molar-refractivity contribution in [2.75, 3.05) is 12.3 Å². The molecule has 0 unspecified atom stereocenters. The Kier molecular flexibility index (Phi) is 2.93. The van der Waals surface area contributed by atoms with E-state index in [1.54, 1.807) is 23.8 Å². The Morgan fingerprint density at radius 3 is 2.90 bits per heavy atom. The summed E-state index contributed by atoms with van der Waals surface area (Å²) in [7, 11) is 0. The van der Waals surface area contributed by atoms with Crippen molar-refractivity contribution in [2.45, 2.75) is 31.1 Å². The van der Waals surface area contributed by atoms with Crippen molar-refractivity contribution < 1.29 is 15.3 Å². The number of nitrogens with zero attached hydrogens (tertiary/aromatic N) is 3. The molecule has 0 aliphatic heterocycles. The molecule has 0 spiro atoms. The maximum atomic E-state index is 10.6. The van der Waals surface area contributed by atoms with E-state index in [2.05, 4.69) is 9.97 Å². The Bertz CT molecular complexity index is 640. The van der Waals surface area contributed by atoms with Gasteiger partial charge in [-0.25, -0.2) is 9.97 Å². The topological polar surface area (TPSA) is 117 Å². The summed E-state index contributed by atoms with van der Waals surface area (Å²) in [6.07, 6.45) is 2.64. The molecule has 0 aromatic carbocycles. The van der Waals surface area contributed by atoms with Gasteiger partial charge in [-0.15, -0.1) is 0 Å². The summed E-state index contributed by atoms with van der Waals surface area (Å²) in [6.45, 7) is 1.42. The maximum absolute atomic E-state index is 10.6. The molecule has 4 atom stereocenters. The number of hydrogen-bond donors (Lipinski definition) is 4. The minimum absolute atomic E-state index is 0.163. The Morgan fingerprint density at radius 2 is 2.25 bits per heavy atom. The molecule has 2 heterocycles. The molecule has 1 aliphatic rings. The zero-order valence-corrected chi connectivity index (χ0v) is 11.1. The Balaban J connectivity index is 2.10. The highest BCUT2D eigenvalue weighted by Crippen LogP contribution is 2.44. The van der Waals surface area contributed by atoms with Crippen LogP contribution in [0.15, 0.2) is 18.6 Å². The molecule has 7 heteroatoms. The lowest BCUT2D eigenvalue weighted by Gasteiger charge is -2.30. The summed E-state index contributed by atoms with van der Waals surface area (Å²) in [5.74, 6) is 0.0253. The van der Waals surface area contributed by atoms with Crippen molar-refractivity contribution in [1.82, 2.24) is 14.5 Å². The van der Waals surface area contributed by atoms with Crippen LogP contribution in [-0.4, -0.2) is 48.2 Å². The summed E-state index contributed by atoms with van der Waals surface area (Å²) >= 11 is 0. The van der Waals surface area contributed by atoms with Crippen LogP contribution in [-0.2, 0) is 0 Å². The van der Waals surface area contributed by atoms with E-state index in [-0.39, 0.29) is 18.6 Å². The molecule has 1 saturated carbocycles. The number of nitrogen functional groups attached to an aromatic ring is 1. The van der Waals surface area contributed by atoms with Gasteiger partial charge < -0.3 is 25.6 Å². The van der Waals surface area contributed by atoms with Crippen molar-refractivity contribution >= 4 is 16.9 Å². The van der Waals surface area contributed by atoms with Crippen molar-refractivity contribution in [2.24, 2.45) is 5.92 Å². The number of hydrogen-bond acceptors (Lipinski definition) is 6. The van der Waals surface area contributed by atoms with E-state index < -0.39 is 11.7 Å². The van der Waals surface area contributed by atoms with Gasteiger partial charge in [0.2, 0.25) is 0 Å². The van der Waals surface area contributed by atoms with Crippen molar-refractivity contribution in [3.63, 3.8) is 0 Å². The Labute approximate surface area is 115 Å². The summed E-state index contributed by atoms with van der Waals surface area (Å²) in [5.41, 5.74) is 5.09. The first-order chi connectivity index (χ1) is 9.46. The molecule has 108 valence electrons. The summed E-state index contributed by atoms with van der Waals surface area (Å²) < 4.78 is 1.80. The molecule has 2 aromatic heterocycles. The summed E-state index contributed by atoms with van der Waals surface area (Å²) in [4.78, 5) is 8.14. The van der Waals surface area contributed by atoms with Gasteiger partial charge in [0.15, 0.2) is 0 Å². The van der Waals surface area contributed by atoms with Gasteiger partial charge in [0.1, 0.15) is 23.4 Å². The second kappa shape index (κ2) is 4.41. The molecule has 5 N–H and O–H groups in total. The molecular formula is C13H18N4O3. The molecule has 3 rings (SSSR count). The first-order valence-corrected chi connectivity index (χ1v) is 6.55. The summed E-state index contributed by atoms with van der Waals surface area (Å²) in [5, 5.41) is 30.7. The molecule has 7 nitrogen and oxygen atoms in total. The van der Waals surface area contributed by atoms with Gasteiger partial charge in [-0.3, -0.25) is 0 Å². The van der Waals surface area contributed by atoms with Gasteiger partial charge in [-0.1, -0.05) is 0 Å². The quantitative estimate of drug-likeness (QED) is 0.598. The van der Waals surface area contributed by atoms with E-state index >= 15 is 0 Å². The molecule has 0 saturated heterocycles. The molecule has 1 fully saturated rings. The van der Waals surface area contributed by atoms with E-state index in [0.717, 1.165) is 0 Å². The van der Waals surface area contributed by atoms with Crippen molar-refractivity contribution in [1.29, 1.82) is 0 Å². The number of rotatable bonds is 2. The third kappa shape index (κ3) is 1.71. The first-order valence-electron chi connectivity index (χ1n) is 6.55. The highest BCUT2D eigenvalue weighted by molar-refractivity contribution is 5.86. The third-order valence-electron chi connectivity index (χ3n) is 4.36. The second-order valence-corrected chi connectivity index (χ2v) is 5.58. The maximum Gasteiger partial charge on any atom is 0.145 e. The monoisotopic (exact) mass is 278 g/mol. The fraction of sp³-hybridized carbons (Fsp3) is 0.538. The average Bonchev–Trinajstić information content (AvgIpc) is 2.92. The number of fused-ring (bicyclic) bond motifs is 1. The molecule has 0 bridgehead atoms. The minimum Gasteiger partial charge on any atom is -0.396 e. The van der Waals surface area contributed by atoms with Gasteiger partial charge in [0.25, 0.3) is 0 Å². The molecule has 0 amide bonds. The third-order valence-corrected chi connectivity index (χ3v) is 4.36. The minimum atomic E-state index is -1.33. The van der Waals surface area contributed by atoms with Crippen LogP contribution in [0.3, 0.4) is 0 Å². The average molecular weight is 278 g/mol. The van der Waals surface area contributed by atoms with E-state index in [4.69, 9.17) is 5.73 Å². The lowest BCUT2D eigenvalue weighted by molar-refractivity contribution is -0.0776. The number of aliphatic hydroxyl groups excluding tert-OH is 2. The van der Waals surface area contributed by atoms with Gasteiger partial charge in [-0.2, -0.15) is 0 Å². The number of aliphatic hydroxyl groups is 3. The van der Waals surface area contributed by atoms with Crippen LogP contribution < -0.4 is 5.73 Å². The van der Waals surface area contributed by atoms with E-state index in [1.807, 2.05) is 0 Å². The van der Waals surface area contributed by atoms with E-state index in [1.165, 1.54) is 6.33 Å². The normalized spacial score (nSPS) is 33.9. The molecule has 20 heavy (non-hydrogen) atoms. The Morgan fingerprint density at radius 1 is 1.50 bits per heavy atom. The van der Waals surface area contributed by atoms with E-state index in [0.29, 0.717) is 23.3 Å². The fourth-order valence-electron chi connectivity index (χ4n) is 3.14. The molecule has 2 aromatic rings. The van der Waals surface area contributed by atoms with Gasteiger partial charge in [0, 0.05) is 18.7 Å². The van der Waals surface area contributed by atoms with E-state index in [9.17, 15) is 15.3 Å². The SMILES string of the molecule is C[C@@]1(O)[C@H](O)[C@@H](CO)C[C@H]1n1ccc2c(N)ncnc21. The molecule has 1 aliphatic carbocycles. The number of nitrogens with two attached hydrogens (primary N) is 1. The molecule has 0 radical (unpaired) electrons. The van der Waals surface area contributed by atoms with Crippen LogP contribution >= 0.6 is 0 Å². The first kappa shape index (κ1) is 13.3. The van der Waals surface area contributed by atoms with Crippen LogP contribution in [0.1, 0.15) is 19.4 Å². The van der Waals surface area contributed by atoms with Crippen LogP contribution in [0, 0.1) is 5.92 Å². The second-order valence-electron chi connectivity index (χ2n) is 5.58. The predicted octanol–water partition coefficient (Wildman–Crippen LogP) is -0.321. The lowest BCUT2D eigenvalue weighted by atomic mass is 9.96. The Hall–Kier alpha value is -1.70. The van der Waals surface area contributed by atoms with Gasteiger partial charge in [-0.05, 0) is 19.4 Å². The largest absolute Gasteiger partial charge is 0.396 e. The number of aromatic nitrogens is 3. The van der Waals surface area contributed by atoms with Crippen LogP contribution in [0.25, 0.3) is 11.0 Å². The van der Waals surface area contributed by atoms with Crippen LogP contribution in [0.5, 0.6) is 0 Å². The van der Waals surface area contributed by atoms with Crippen molar-refractivity contribution in [3.8, 4) is 0 Å². The predicted molar refractivity (Wildman–Crippen MR) is 72.8 cm³/mol. The van der Waals surface area contributed by atoms with Crippen LogP contribution in [0.2, 0.25) is 0 Å². The lowest BCUT2D eigenvalue weighted by Crippen LogP contribution is -2.42.